The molecular formula is C17H19NO2. The molecular weight excluding hydrogens is 250 g/mol. The molecule has 3 nitrogen and oxygen atoms in total. The average Bonchev–Trinajstić information content (AvgIpc) is 3.25. The third-order valence-electron chi connectivity index (χ3n) is 4.26. The van der Waals surface area contributed by atoms with Crippen molar-refractivity contribution in [2.75, 3.05) is 13.2 Å². The number of rotatable bonds is 5. The number of aliphatic hydroxyl groups excluding tert-OH is 1. The Morgan fingerprint density at radius 2 is 1.90 bits per heavy atom. The molecule has 3 heteroatoms. The second-order valence-corrected chi connectivity index (χ2v) is 5.68. The molecule has 1 fully saturated rings. The van der Waals surface area contributed by atoms with Crippen molar-refractivity contribution in [1.82, 2.24) is 5.32 Å². The lowest BCUT2D eigenvalue weighted by Gasteiger charge is -2.15. The number of hydrogen-bond acceptors (Lipinski definition) is 2. The highest BCUT2D eigenvalue weighted by Crippen LogP contribution is 2.47. The first kappa shape index (κ1) is 13.1. The van der Waals surface area contributed by atoms with E-state index in [1.807, 2.05) is 42.5 Å². The first-order chi connectivity index (χ1) is 9.74. The van der Waals surface area contributed by atoms with Gasteiger partial charge < -0.3 is 10.4 Å². The Labute approximate surface area is 118 Å². The number of benzene rings is 2. The van der Waals surface area contributed by atoms with Gasteiger partial charge in [0.15, 0.2) is 0 Å². The first-order valence-electron chi connectivity index (χ1n) is 7.11. The molecule has 3 rings (SSSR count). The van der Waals surface area contributed by atoms with Gasteiger partial charge in [0, 0.05) is 18.7 Å². The average molecular weight is 269 g/mol. The van der Waals surface area contributed by atoms with Crippen molar-refractivity contribution in [3.63, 3.8) is 0 Å². The van der Waals surface area contributed by atoms with Crippen LogP contribution in [0.1, 0.15) is 29.6 Å². The van der Waals surface area contributed by atoms with Crippen molar-refractivity contribution >= 4 is 16.7 Å². The lowest BCUT2D eigenvalue weighted by molar-refractivity contribution is 0.0942. The molecule has 104 valence electrons. The molecule has 2 N–H and O–H groups in total. The molecule has 0 radical (unpaired) electrons. The van der Waals surface area contributed by atoms with Crippen molar-refractivity contribution in [3.05, 3.63) is 48.0 Å². The summed E-state index contributed by atoms with van der Waals surface area (Å²) < 4.78 is 0. The molecule has 0 saturated heterocycles. The summed E-state index contributed by atoms with van der Waals surface area (Å²) in [6, 6.07) is 13.7. The van der Waals surface area contributed by atoms with Crippen LogP contribution < -0.4 is 5.32 Å². The minimum atomic E-state index is -0.0222. The van der Waals surface area contributed by atoms with Crippen LogP contribution in [-0.2, 0) is 0 Å². The van der Waals surface area contributed by atoms with Gasteiger partial charge >= 0.3 is 0 Å². The Balaban J connectivity index is 1.76. The van der Waals surface area contributed by atoms with Crippen LogP contribution in [0.4, 0.5) is 0 Å². The fraction of sp³-hybridized carbons (Fsp3) is 0.353. The molecule has 0 unspecified atom stereocenters. The Kier molecular flexibility index (Phi) is 3.45. The van der Waals surface area contributed by atoms with Gasteiger partial charge in [0.05, 0.1) is 0 Å². The highest BCUT2D eigenvalue weighted by Gasteiger charge is 2.41. The molecule has 20 heavy (non-hydrogen) atoms. The third-order valence-corrected chi connectivity index (χ3v) is 4.26. The number of amides is 1. The van der Waals surface area contributed by atoms with E-state index in [4.69, 9.17) is 5.11 Å². The molecule has 2 aromatic rings. The van der Waals surface area contributed by atoms with E-state index >= 15 is 0 Å². The largest absolute Gasteiger partial charge is 0.396 e. The van der Waals surface area contributed by atoms with Gasteiger partial charge in [0.1, 0.15) is 0 Å². The quantitative estimate of drug-likeness (QED) is 0.877. The van der Waals surface area contributed by atoms with Crippen LogP contribution in [0.2, 0.25) is 0 Å². The van der Waals surface area contributed by atoms with Gasteiger partial charge in [0.25, 0.3) is 5.91 Å². The number of aliphatic hydroxyl groups is 1. The van der Waals surface area contributed by atoms with Crippen molar-refractivity contribution in [1.29, 1.82) is 0 Å². The number of carbonyl (C=O) groups excluding carboxylic acids is 1. The summed E-state index contributed by atoms with van der Waals surface area (Å²) in [5.74, 6) is -0.0222. The van der Waals surface area contributed by atoms with Crippen LogP contribution in [0.3, 0.4) is 0 Å². The number of fused-ring (bicyclic) bond motifs is 1. The molecule has 1 saturated carbocycles. The van der Waals surface area contributed by atoms with Crippen LogP contribution in [0.5, 0.6) is 0 Å². The topological polar surface area (TPSA) is 49.3 Å². The van der Waals surface area contributed by atoms with E-state index in [9.17, 15) is 4.79 Å². The van der Waals surface area contributed by atoms with Crippen LogP contribution in [0, 0.1) is 5.41 Å². The van der Waals surface area contributed by atoms with E-state index in [0.29, 0.717) is 6.54 Å². The van der Waals surface area contributed by atoms with Crippen LogP contribution in [0.25, 0.3) is 10.8 Å². The Morgan fingerprint density at radius 1 is 1.15 bits per heavy atom. The maximum Gasteiger partial charge on any atom is 0.251 e. The van der Waals surface area contributed by atoms with Crippen molar-refractivity contribution < 1.29 is 9.90 Å². The van der Waals surface area contributed by atoms with Gasteiger partial charge in [0.2, 0.25) is 0 Å². The number of hydrogen-bond donors (Lipinski definition) is 2. The molecule has 1 aliphatic carbocycles. The lowest BCUT2D eigenvalue weighted by Crippen LogP contribution is -2.30. The molecule has 1 aliphatic rings. The van der Waals surface area contributed by atoms with Gasteiger partial charge in [-0.2, -0.15) is 0 Å². The Hall–Kier alpha value is -1.87. The summed E-state index contributed by atoms with van der Waals surface area (Å²) in [6.45, 7) is 0.861. The van der Waals surface area contributed by atoms with Crippen LogP contribution in [-0.4, -0.2) is 24.2 Å². The van der Waals surface area contributed by atoms with E-state index in [2.05, 4.69) is 5.32 Å². The molecule has 0 heterocycles. The molecule has 2 aromatic carbocycles. The van der Waals surface area contributed by atoms with E-state index in [1.54, 1.807) is 0 Å². The highest BCUT2D eigenvalue weighted by molar-refractivity contribution is 6.07. The standard InChI is InChI=1S/C17H19NO2/c19-11-10-17(8-9-17)12-18-16(20)15-7-3-5-13-4-1-2-6-14(13)15/h1-7,19H,8-12H2,(H,18,20). The highest BCUT2D eigenvalue weighted by atomic mass is 16.3. The molecule has 0 aromatic heterocycles. The summed E-state index contributed by atoms with van der Waals surface area (Å²) in [7, 11) is 0. The second-order valence-electron chi connectivity index (χ2n) is 5.68. The smallest absolute Gasteiger partial charge is 0.251 e. The van der Waals surface area contributed by atoms with Crippen LogP contribution in [0.15, 0.2) is 42.5 Å². The van der Waals surface area contributed by atoms with Crippen molar-refractivity contribution in [3.8, 4) is 0 Å². The zero-order chi connectivity index (χ0) is 14.0. The summed E-state index contributed by atoms with van der Waals surface area (Å²) in [6.07, 6.45) is 2.98. The minimum absolute atomic E-state index is 0.0222. The van der Waals surface area contributed by atoms with E-state index in [-0.39, 0.29) is 17.9 Å². The number of carbonyl (C=O) groups is 1. The lowest BCUT2D eigenvalue weighted by atomic mass is 10.0. The summed E-state index contributed by atoms with van der Waals surface area (Å²) in [4.78, 5) is 12.4. The fourth-order valence-corrected chi connectivity index (χ4v) is 2.72. The normalized spacial score (nSPS) is 16.1. The van der Waals surface area contributed by atoms with Gasteiger partial charge in [-0.1, -0.05) is 36.4 Å². The van der Waals surface area contributed by atoms with Gasteiger partial charge in [-0.25, -0.2) is 0 Å². The van der Waals surface area contributed by atoms with Gasteiger partial charge in [-0.15, -0.1) is 0 Å². The summed E-state index contributed by atoms with van der Waals surface area (Å²) in [5.41, 5.74) is 0.873. The zero-order valence-corrected chi connectivity index (χ0v) is 11.4. The molecule has 1 amide bonds. The summed E-state index contributed by atoms with van der Waals surface area (Å²) >= 11 is 0. The van der Waals surface area contributed by atoms with Crippen molar-refractivity contribution in [2.24, 2.45) is 5.41 Å². The van der Waals surface area contributed by atoms with Gasteiger partial charge in [-0.3, -0.25) is 4.79 Å². The molecule has 0 atom stereocenters. The fourth-order valence-electron chi connectivity index (χ4n) is 2.72. The maximum absolute atomic E-state index is 12.4. The predicted molar refractivity (Wildman–Crippen MR) is 79.7 cm³/mol. The van der Waals surface area contributed by atoms with Gasteiger partial charge in [-0.05, 0) is 41.5 Å². The zero-order valence-electron chi connectivity index (χ0n) is 11.4. The third kappa shape index (κ3) is 2.54. The van der Waals surface area contributed by atoms with Crippen LogP contribution >= 0.6 is 0 Å². The van der Waals surface area contributed by atoms with Crippen molar-refractivity contribution in [2.45, 2.75) is 19.3 Å². The maximum atomic E-state index is 12.4. The number of nitrogens with one attached hydrogen (secondary N) is 1. The predicted octanol–water partition coefficient (Wildman–Crippen LogP) is 2.73. The summed E-state index contributed by atoms with van der Waals surface area (Å²) in [5, 5.41) is 14.1. The second kappa shape index (κ2) is 5.25. The molecule has 0 spiro atoms. The monoisotopic (exact) mass is 269 g/mol. The minimum Gasteiger partial charge on any atom is -0.396 e. The Morgan fingerprint density at radius 3 is 2.65 bits per heavy atom. The molecule has 0 bridgehead atoms. The van der Waals surface area contributed by atoms with E-state index in [0.717, 1.165) is 35.6 Å². The molecule has 0 aliphatic heterocycles. The van der Waals surface area contributed by atoms with E-state index < -0.39 is 0 Å². The van der Waals surface area contributed by atoms with E-state index in [1.165, 1.54) is 0 Å². The SMILES string of the molecule is O=C(NCC1(CCO)CC1)c1cccc2ccccc12. The Bertz CT molecular complexity index is 626. The first-order valence-corrected chi connectivity index (χ1v) is 7.11.